The molecular formula is C13H19IN6OS. The number of nitrogen functional groups attached to an aromatic ring is 1. The minimum atomic E-state index is 0.392. The zero-order chi connectivity index (χ0) is 16.1. The highest BCUT2D eigenvalue weighted by atomic mass is 127. The van der Waals surface area contributed by atoms with Gasteiger partial charge in [-0.3, -0.25) is 0 Å². The standard InChI is InChI=1S/C13H19IN6OS/c1-8(5-21-2)9(14)6-22-13-19-10-11(16)17-7-18-12(10)20(13)4-3-15/h7H,3-6,15H2,1-2H3,(H2,16,17,18)/b9-8+. The fourth-order valence-corrected chi connectivity index (χ4v) is 3.54. The monoisotopic (exact) mass is 434 g/mol. The Morgan fingerprint density at radius 3 is 2.91 bits per heavy atom. The quantitative estimate of drug-likeness (QED) is 0.506. The molecule has 120 valence electrons. The summed E-state index contributed by atoms with van der Waals surface area (Å²) in [5, 5.41) is 0.854. The molecule has 7 nitrogen and oxygen atoms in total. The zero-order valence-electron chi connectivity index (χ0n) is 12.5. The van der Waals surface area contributed by atoms with Crippen molar-refractivity contribution in [1.82, 2.24) is 19.5 Å². The maximum absolute atomic E-state index is 5.88. The number of halogens is 1. The van der Waals surface area contributed by atoms with Crippen LogP contribution in [0.25, 0.3) is 11.2 Å². The molecule has 0 aliphatic heterocycles. The van der Waals surface area contributed by atoms with Crippen LogP contribution in [0.2, 0.25) is 0 Å². The Bertz CT molecular complexity index is 686. The van der Waals surface area contributed by atoms with Crippen molar-refractivity contribution in [3.8, 4) is 0 Å². The zero-order valence-corrected chi connectivity index (χ0v) is 15.5. The number of nitrogens with zero attached hydrogens (tertiary/aromatic N) is 4. The van der Waals surface area contributed by atoms with Crippen LogP contribution in [0.4, 0.5) is 5.82 Å². The van der Waals surface area contributed by atoms with E-state index in [1.165, 1.54) is 15.5 Å². The topological polar surface area (TPSA) is 105 Å². The normalized spacial score (nSPS) is 12.7. The van der Waals surface area contributed by atoms with Crippen LogP contribution in [0.15, 0.2) is 20.6 Å². The second-order valence-electron chi connectivity index (χ2n) is 4.67. The summed E-state index contributed by atoms with van der Waals surface area (Å²) in [7, 11) is 1.70. The van der Waals surface area contributed by atoms with Crippen molar-refractivity contribution in [3.63, 3.8) is 0 Å². The fraction of sp³-hybridized carbons (Fsp3) is 0.462. The maximum Gasteiger partial charge on any atom is 0.170 e. The van der Waals surface area contributed by atoms with Crippen molar-refractivity contribution in [2.45, 2.75) is 18.6 Å². The van der Waals surface area contributed by atoms with Crippen molar-refractivity contribution in [3.05, 3.63) is 15.5 Å². The van der Waals surface area contributed by atoms with E-state index in [1.807, 2.05) is 4.57 Å². The van der Waals surface area contributed by atoms with Crippen molar-refractivity contribution in [2.75, 3.05) is 31.7 Å². The summed E-state index contributed by atoms with van der Waals surface area (Å²) in [6.07, 6.45) is 1.45. The third kappa shape index (κ3) is 3.89. The van der Waals surface area contributed by atoms with Crippen LogP contribution in [0.3, 0.4) is 0 Å². The summed E-state index contributed by atoms with van der Waals surface area (Å²) >= 11 is 3.98. The second kappa shape index (κ2) is 8.09. The minimum Gasteiger partial charge on any atom is -0.382 e. The number of thioether (sulfide) groups is 1. The molecule has 4 N–H and O–H groups in total. The second-order valence-corrected chi connectivity index (χ2v) is 6.92. The molecule has 0 unspecified atom stereocenters. The summed E-state index contributed by atoms with van der Waals surface area (Å²) in [5.74, 6) is 1.21. The molecule has 0 bridgehead atoms. The van der Waals surface area contributed by atoms with E-state index in [-0.39, 0.29) is 0 Å². The molecular weight excluding hydrogens is 415 g/mol. The van der Waals surface area contributed by atoms with E-state index >= 15 is 0 Å². The van der Waals surface area contributed by atoms with Gasteiger partial charge < -0.3 is 20.8 Å². The van der Waals surface area contributed by atoms with E-state index in [9.17, 15) is 0 Å². The lowest BCUT2D eigenvalue weighted by Gasteiger charge is -2.08. The van der Waals surface area contributed by atoms with E-state index in [2.05, 4.69) is 44.5 Å². The average Bonchev–Trinajstić information content (AvgIpc) is 2.85. The predicted molar refractivity (Wildman–Crippen MR) is 98.1 cm³/mol. The van der Waals surface area contributed by atoms with Crippen LogP contribution in [-0.4, -0.2) is 45.5 Å². The van der Waals surface area contributed by atoms with Crippen molar-refractivity contribution in [2.24, 2.45) is 5.73 Å². The van der Waals surface area contributed by atoms with Gasteiger partial charge in [0.15, 0.2) is 22.1 Å². The largest absolute Gasteiger partial charge is 0.382 e. The highest BCUT2D eigenvalue weighted by Crippen LogP contribution is 2.28. The number of hydrogen-bond acceptors (Lipinski definition) is 7. The van der Waals surface area contributed by atoms with Gasteiger partial charge in [0.25, 0.3) is 0 Å². The Balaban J connectivity index is 2.29. The minimum absolute atomic E-state index is 0.392. The van der Waals surface area contributed by atoms with Gasteiger partial charge in [0.1, 0.15) is 6.33 Å². The number of aromatic nitrogens is 4. The number of imidazole rings is 1. The van der Waals surface area contributed by atoms with Crippen LogP contribution in [0, 0.1) is 0 Å². The first-order valence-corrected chi connectivity index (χ1v) is 8.77. The molecule has 22 heavy (non-hydrogen) atoms. The Kier molecular flexibility index (Phi) is 6.41. The van der Waals surface area contributed by atoms with E-state index in [0.29, 0.717) is 31.0 Å². The van der Waals surface area contributed by atoms with Crippen LogP contribution < -0.4 is 11.5 Å². The number of anilines is 1. The van der Waals surface area contributed by atoms with E-state index in [1.54, 1.807) is 18.9 Å². The molecule has 2 aromatic rings. The number of ether oxygens (including phenoxy) is 1. The van der Waals surface area contributed by atoms with Crippen LogP contribution in [0.1, 0.15) is 6.92 Å². The number of hydrogen-bond donors (Lipinski definition) is 2. The molecule has 0 fully saturated rings. The molecule has 0 aliphatic rings. The Labute approximate surface area is 147 Å². The van der Waals surface area contributed by atoms with E-state index < -0.39 is 0 Å². The molecule has 0 amide bonds. The molecule has 0 aromatic carbocycles. The SMILES string of the molecule is COC/C(C)=C(/I)CSc1nc2c(N)ncnc2n1CCN. The molecule has 9 heteroatoms. The molecule has 0 radical (unpaired) electrons. The van der Waals surface area contributed by atoms with E-state index in [0.717, 1.165) is 16.6 Å². The summed E-state index contributed by atoms with van der Waals surface area (Å²) in [4.78, 5) is 12.8. The Morgan fingerprint density at radius 2 is 2.23 bits per heavy atom. The van der Waals surface area contributed by atoms with E-state index in [4.69, 9.17) is 16.2 Å². The van der Waals surface area contributed by atoms with Gasteiger partial charge in [0.05, 0.1) is 6.61 Å². The lowest BCUT2D eigenvalue weighted by molar-refractivity contribution is 0.225. The van der Waals surface area contributed by atoms with Crippen LogP contribution in [-0.2, 0) is 11.3 Å². The van der Waals surface area contributed by atoms with Crippen molar-refractivity contribution < 1.29 is 4.74 Å². The lowest BCUT2D eigenvalue weighted by Crippen LogP contribution is -2.11. The molecule has 0 aliphatic carbocycles. The lowest BCUT2D eigenvalue weighted by atomic mass is 10.3. The first-order valence-electron chi connectivity index (χ1n) is 6.71. The molecule has 0 saturated heterocycles. The summed E-state index contributed by atoms with van der Waals surface area (Å²) in [6.45, 7) is 3.86. The summed E-state index contributed by atoms with van der Waals surface area (Å²) in [6, 6.07) is 0. The number of nitrogens with two attached hydrogens (primary N) is 2. The maximum atomic E-state index is 5.88. The first-order chi connectivity index (χ1) is 10.6. The molecule has 2 heterocycles. The van der Waals surface area contributed by atoms with Crippen molar-refractivity contribution in [1.29, 1.82) is 0 Å². The van der Waals surface area contributed by atoms with Crippen LogP contribution in [0.5, 0.6) is 0 Å². The highest BCUT2D eigenvalue weighted by molar-refractivity contribution is 14.1. The summed E-state index contributed by atoms with van der Waals surface area (Å²) in [5.41, 5.74) is 14.2. The molecule has 2 aromatic heterocycles. The highest BCUT2D eigenvalue weighted by Gasteiger charge is 2.15. The third-order valence-electron chi connectivity index (χ3n) is 3.03. The number of rotatable bonds is 7. The van der Waals surface area contributed by atoms with Gasteiger partial charge in [-0.25, -0.2) is 15.0 Å². The van der Waals surface area contributed by atoms with Gasteiger partial charge in [-0.15, -0.1) is 0 Å². The predicted octanol–water partition coefficient (Wildman–Crippen LogP) is 1.81. The van der Waals surface area contributed by atoms with Crippen LogP contribution >= 0.6 is 34.4 Å². The number of fused-ring (bicyclic) bond motifs is 1. The third-order valence-corrected chi connectivity index (χ3v) is 5.85. The summed E-state index contributed by atoms with van der Waals surface area (Å²) < 4.78 is 8.40. The van der Waals surface area contributed by atoms with Gasteiger partial charge in [-0.05, 0) is 35.1 Å². The average molecular weight is 434 g/mol. The van der Waals surface area contributed by atoms with Crippen molar-refractivity contribution >= 4 is 51.3 Å². The molecule has 0 saturated carbocycles. The van der Waals surface area contributed by atoms with Gasteiger partial charge in [-0.2, -0.15) is 0 Å². The van der Waals surface area contributed by atoms with Gasteiger partial charge in [-0.1, -0.05) is 11.8 Å². The van der Waals surface area contributed by atoms with Gasteiger partial charge in [0, 0.05) is 29.5 Å². The first kappa shape index (κ1) is 17.4. The fourth-order valence-electron chi connectivity index (χ4n) is 1.92. The Morgan fingerprint density at radius 1 is 1.45 bits per heavy atom. The molecule has 0 atom stereocenters. The number of methoxy groups -OCH3 is 1. The molecule has 2 rings (SSSR count). The van der Waals surface area contributed by atoms with Gasteiger partial charge >= 0.3 is 0 Å². The molecule has 0 spiro atoms. The van der Waals surface area contributed by atoms with Gasteiger partial charge in [0.2, 0.25) is 0 Å². The Hall–Kier alpha value is -0.910. The smallest absolute Gasteiger partial charge is 0.170 e.